The smallest absolute Gasteiger partial charge is 0.220 e. The Bertz CT molecular complexity index is 534. The second-order valence-electron chi connectivity index (χ2n) is 5.15. The van der Waals surface area contributed by atoms with Crippen LogP contribution in [-0.4, -0.2) is 30.8 Å². The number of carbonyl (C=O) groups is 2. The highest BCUT2D eigenvalue weighted by atomic mass is 35.5. The molecule has 4 nitrogen and oxygen atoms in total. The molecule has 1 aromatic carbocycles. The summed E-state index contributed by atoms with van der Waals surface area (Å²) in [6.45, 7) is 1.52. The first-order valence-electron chi connectivity index (χ1n) is 7.04. The second-order valence-corrected chi connectivity index (χ2v) is 5.15. The molecule has 22 heavy (non-hydrogen) atoms. The molecule has 1 unspecified atom stereocenters. The third-order valence-electron chi connectivity index (χ3n) is 3.53. The van der Waals surface area contributed by atoms with Crippen molar-refractivity contribution in [1.29, 1.82) is 0 Å². The molecule has 1 heterocycles. The van der Waals surface area contributed by atoms with Crippen LogP contribution < -0.4 is 10.6 Å². The molecule has 1 amide bonds. The SMILES string of the molecule is Cl.O=C(CCC(=O)c1ccc(F)c(F)c1)NCC1CCCN1. The van der Waals surface area contributed by atoms with Crippen molar-refractivity contribution in [3.05, 3.63) is 35.4 Å². The van der Waals surface area contributed by atoms with Gasteiger partial charge in [-0.3, -0.25) is 9.59 Å². The van der Waals surface area contributed by atoms with E-state index in [9.17, 15) is 18.4 Å². The number of carbonyl (C=O) groups excluding carboxylic acids is 2. The summed E-state index contributed by atoms with van der Waals surface area (Å²) in [7, 11) is 0. The fourth-order valence-corrected chi connectivity index (χ4v) is 2.30. The van der Waals surface area contributed by atoms with E-state index in [1.54, 1.807) is 0 Å². The van der Waals surface area contributed by atoms with E-state index in [4.69, 9.17) is 0 Å². The monoisotopic (exact) mass is 332 g/mol. The topological polar surface area (TPSA) is 58.2 Å². The van der Waals surface area contributed by atoms with Gasteiger partial charge in [0.2, 0.25) is 5.91 Å². The zero-order valence-corrected chi connectivity index (χ0v) is 12.8. The number of Topliss-reactive ketones (excluding diaryl/α,β-unsaturated/α-hetero) is 1. The van der Waals surface area contributed by atoms with Gasteiger partial charge in [-0.15, -0.1) is 12.4 Å². The van der Waals surface area contributed by atoms with Crippen LogP contribution in [0.5, 0.6) is 0 Å². The zero-order valence-electron chi connectivity index (χ0n) is 12.0. The molecule has 122 valence electrons. The van der Waals surface area contributed by atoms with Gasteiger partial charge in [0, 0.05) is 31.0 Å². The molecule has 7 heteroatoms. The minimum absolute atomic E-state index is 0. The third-order valence-corrected chi connectivity index (χ3v) is 3.53. The average Bonchev–Trinajstić information content (AvgIpc) is 2.98. The first-order valence-corrected chi connectivity index (χ1v) is 7.04. The molecule has 0 bridgehead atoms. The van der Waals surface area contributed by atoms with Gasteiger partial charge in [0.1, 0.15) is 0 Å². The van der Waals surface area contributed by atoms with Gasteiger partial charge < -0.3 is 10.6 Å². The van der Waals surface area contributed by atoms with Crippen LogP contribution in [-0.2, 0) is 4.79 Å². The number of rotatable bonds is 6. The van der Waals surface area contributed by atoms with Crippen molar-refractivity contribution in [3.8, 4) is 0 Å². The number of nitrogens with one attached hydrogen (secondary N) is 2. The first kappa shape index (κ1) is 18.5. The Morgan fingerprint density at radius 2 is 2.00 bits per heavy atom. The number of amides is 1. The lowest BCUT2D eigenvalue weighted by Gasteiger charge is -2.11. The molecule has 1 atom stereocenters. The lowest BCUT2D eigenvalue weighted by Crippen LogP contribution is -2.37. The van der Waals surface area contributed by atoms with E-state index in [2.05, 4.69) is 10.6 Å². The van der Waals surface area contributed by atoms with Gasteiger partial charge in [-0.25, -0.2) is 8.78 Å². The Morgan fingerprint density at radius 1 is 1.23 bits per heavy atom. The number of ketones is 1. The molecule has 1 aliphatic rings. The molecule has 1 fully saturated rings. The summed E-state index contributed by atoms with van der Waals surface area (Å²) in [5, 5.41) is 6.02. The fraction of sp³-hybridized carbons (Fsp3) is 0.467. The maximum Gasteiger partial charge on any atom is 0.220 e. The highest BCUT2D eigenvalue weighted by Crippen LogP contribution is 2.11. The Morgan fingerprint density at radius 3 is 2.64 bits per heavy atom. The van der Waals surface area contributed by atoms with Crippen molar-refractivity contribution < 1.29 is 18.4 Å². The van der Waals surface area contributed by atoms with Crippen molar-refractivity contribution in [2.75, 3.05) is 13.1 Å². The largest absolute Gasteiger partial charge is 0.355 e. The molecule has 0 saturated carbocycles. The zero-order chi connectivity index (χ0) is 15.2. The highest BCUT2D eigenvalue weighted by Gasteiger charge is 2.16. The number of hydrogen-bond acceptors (Lipinski definition) is 3. The van der Waals surface area contributed by atoms with E-state index in [1.807, 2.05) is 0 Å². The summed E-state index contributed by atoms with van der Waals surface area (Å²) in [6.07, 6.45) is 2.17. The van der Waals surface area contributed by atoms with Crippen LogP contribution in [0.1, 0.15) is 36.0 Å². The van der Waals surface area contributed by atoms with Crippen LogP contribution >= 0.6 is 12.4 Å². The van der Waals surface area contributed by atoms with Crippen LogP contribution in [0.4, 0.5) is 8.78 Å². The van der Waals surface area contributed by atoms with E-state index in [0.29, 0.717) is 12.6 Å². The van der Waals surface area contributed by atoms with Gasteiger partial charge in [-0.2, -0.15) is 0 Å². The molecular formula is C15H19ClF2N2O2. The number of benzene rings is 1. The van der Waals surface area contributed by atoms with Crippen molar-refractivity contribution in [2.24, 2.45) is 0 Å². The van der Waals surface area contributed by atoms with E-state index in [-0.39, 0.29) is 42.5 Å². The Balaban J connectivity index is 0.00000242. The van der Waals surface area contributed by atoms with E-state index in [1.165, 1.54) is 6.07 Å². The highest BCUT2D eigenvalue weighted by molar-refractivity contribution is 5.97. The standard InChI is InChI=1S/C15H18F2N2O2.ClH/c16-12-4-3-10(8-13(12)17)14(20)5-6-15(21)19-9-11-2-1-7-18-11;/h3-4,8,11,18H,1-2,5-7,9H2,(H,19,21);1H. The second kappa shape index (κ2) is 8.80. The summed E-state index contributed by atoms with van der Waals surface area (Å²) in [5.74, 6) is -2.63. The summed E-state index contributed by atoms with van der Waals surface area (Å²) in [5.41, 5.74) is 0.0826. The van der Waals surface area contributed by atoms with Crippen LogP contribution in [0.2, 0.25) is 0 Å². The maximum atomic E-state index is 13.0. The molecule has 1 aromatic rings. The van der Waals surface area contributed by atoms with E-state index < -0.39 is 11.6 Å². The van der Waals surface area contributed by atoms with Gasteiger partial charge in [0.25, 0.3) is 0 Å². The Labute approximate surface area is 134 Å². The minimum Gasteiger partial charge on any atom is -0.355 e. The first-order chi connectivity index (χ1) is 10.1. The lowest BCUT2D eigenvalue weighted by atomic mass is 10.1. The molecule has 2 rings (SSSR count). The fourth-order valence-electron chi connectivity index (χ4n) is 2.30. The molecule has 1 saturated heterocycles. The Hall–Kier alpha value is -1.53. The summed E-state index contributed by atoms with van der Waals surface area (Å²) < 4.78 is 25.8. The van der Waals surface area contributed by atoms with E-state index >= 15 is 0 Å². The Kier molecular flexibility index (Phi) is 7.41. The molecule has 0 aliphatic carbocycles. The summed E-state index contributed by atoms with van der Waals surface area (Å²) >= 11 is 0. The predicted octanol–water partition coefficient (Wildman–Crippen LogP) is 2.22. The van der Waals surface area contributed by atoms with Crippen LogP contribution in [0.15, 0.2) is 18.2 Å². The average molecular weight is 333 g/mol. The van der Waals surface area contributed by atoms with Crippen molar-refractivity contribution in [1.82, 2.24) is 10.6 Å². The maximum absolute atomic E-state index is 13.0. The quantitative estimate of drug-likeness (QED) is 0.785. The van der Waals surface area contributed by atoms with Crippen molar-refractivity contribution in [3.63, 3.8) is 0 Å². The molecule has 2 N–H and O–H groups in total. The van der Waals surface area contributed by atoms with Gasteiger partial charge >= 0.3 is 0 Å². The molecule has 0 spiro atoms. The molecular weight excluding hydrogens is 314 g/mol. The number of hydrogen-bond donors (Lipinski definition) is 2. The van der Waals surface area contributed by atoms with Gasteiger partial charge in [0.05, 0.1) is 0 Å². The van der Waals surface area contributed by atoms with Gasteiger partial charge in [-0.1, -0.05) is 0 Å². The summed E-state index contributed by atoms with van der Waals surface area (Å²) in [6, 6.07) is 3.30. The van der Waals surface area contributed by atoms with Gasteiger partial charge in [-0.05, 0) is 37.6 Å². The lowest BCUT2D eigenvalue weighted by molar-refractivity contribution is -0.121. The van der Waals surface area contributed by atoms with Gasteiger partial charge in [0.15, 0.2) is 17.4 Å². The van der Waals surface area contributed by atoms with Crippen molar-refractivity contribution >= 4 is 24.1 Å². The molecule has 0 aromatic heterocycles. The predicted molar refractivity (Wildman–Crippen MR) is 81.2 cm³/mol. The molecule has 0 radical (unpaired) electrons. The number of halogens is 3. The minimum atomic E-state index is -1.06. The van der Waals surface area contributed by atoms with Crippen LogP contribution in [0.3, 0.4) is 0 Å². The van der Waals surface area contributed by atoms with Crippen LogP contribution in [0.25, 0.3) is 0 Å². The third kappa shape index (κ3) is 5.35. The van der Waals surface area contributed by atoms with Crippen LogP contribution in [0, 0.1) is 11.6 Å². The van der Waals surface area contributed by atoms with E-state index in [0.717, 1.165) is 31.5 Å². The summed E-state index contributed by atoms with van der Waals surface area (Å²) in [4.78, 5) is 23.4. The normalized spacial score (nSPS) is 16.9. The molecule has 1 aliphatic heterocycles. The van der Waals surface area contributed by atoms with Crippen molar-refractivity contribution in [2.45, 2.75) is 31.7 Å².